The third kappa shape index (κ3) is 2.63. The molecule has 3 rings (SSSR count). The fraction of sp³-hybridized carbons (Fsp3) is 0.0714. The van der Waals surface area contributed by atoms with Crippen molar-refractivity contribution in [2.45, 2.75) is 6.92 Å². The van der Waals surface area contributed by atoms with Gasteiger partial charge in [-0.2, -0.15) is 4.98 Å². The maximum absolute atomic E-state index is 5.87. The molecule has 0 unspecified atom stereocenters. The van der Waals surface area contributed by atoms with E-state index in [0.29, 0.717) is 22.6 Å². The van der Waals surface area contributed by atoms with E-state index in [2.05, 4.69) is 15.0 Å². The van der Waals surface area contributed by atoms with Crippen molar-refractivity contribution in [1.82, 2.24) is 15.0 Å². The van der Waals surface area contributed by atoms with Gasteiger partial charge in [-0.05, 0) is 25.1 Å². The summed E-state index contributed by atoms with van der Waals surface area (Å²) in [5.74, 6) is 1.66. The Balaban J connectivity index is 1.96. The average Bonchev–Trinajstić information content (AvgIpc) is 2.37. The predicted octanol–water partition coefficient (Wildman–Crippen LogP) is 3.78. The Kier molecular flexibility index (Phi) is 3.01. The lowest BCUT2D eigenvalue weighted by atomic mass is 10.2. The van der Waals surface area contributed by atoms with Crippen LogP contribution in [0.5, 0.6) is 11.6 Å². The lowest BCUT2D eigenvalue weighted by Crippen LogP contribution is -1.93. The maximum Gasteiger partial charge on any atom is 0.224 e. The van der Waals surface area contributed by atoms with Gasteiger partial charge in [0.25, 0.3) is 0 Å². The van der Waals surface area contributed by atoms with Gasteiger partial charge in [0, 0.05) is 23.7 Å². The summed E-state index contributed by atoms with van der Waals surface area (Å²) >= 11 is 5.87. The Hall–Kier alpha value is -2.20. The van der Waals surface area contributed by atoms with E-state index in [1.165, 1.54) is 0 Å². The Morgan fingerprint density at radius 1 is 1.11 bits per heavy atom. The molecule has 94 valence electrons. The summed E-state index contributed by atoms with van der Waals surface area (Å²) in [5.41, 5.74) is 0.872. The zero-order chi connectivity index (χ0) is 13.2. The number of hydrogen-bond acceptors (Lipinski definition) is 4. The van der Waals surface area contributed by atoms with Crippen molar-refractivity contribution in [1.29, 1.82) is 0 Å². The van der Waals surface area contributed by atoms with Gasteiger partial charge in [-0.1, -0.05) is 17.7 Å². The van der Waals surface area contributed by atoms with Crippen molar-refractivity contribution >= 4 is 22.5 Å². The van der Waals surface area contributed by atoms with E-state index in [4.69, 9.17) is 16.3 Å². The number of aromatic nitrogens is 3. The Labute approximate surface area is 115 Å². The second-order valence-corrected chi connectivity index (χ2v) is 4.42. The van der Waals surface area contributed by atoms with Gasteiger partial charge < -0.3 is 4.74 Å². The summed E-state index contributed by atoms with van der Waals surface area (Å²) in [4.78, 5) is 12.4. The molecule has 1 aromatic carbocycles. The minimum atomic E-state index is 0.362. The van der Waals surface area contributed by atoms with Crippen LogP contribution in [0.15, 0.2) is 42.6 Å². The standard InChI is InChI=1S/C14H10ClN3O/c1-9-17-13(15)8-14(18-9)19-11-5-4-10-3-2-6-16-12(10)7-11/h2-8H,1H3. The number of fused-ring (bicyclic) bond motifs is 1. The fourth-order valence-electron chi connectivity index (χ4n) is 1.79. The van der Waals surface area contributed by atoms with Gasteiger partial charge >= 0.3 is 0 Å². The first kappa shape index (κ1) is 11.9. The first-order chi connectivity index (χ1) is 9.20. The smallest absolute Gasteiger partial charge is 0.224 e. The van der Waals surface area contributed by atoms with Gasteiger partial charge in [0.1, 0.15) is 16.7 Å². The molecule has 2 heterocycles. The highest BCUT2D eigenvalue weighted by Crippen LogP contribution is 2.24. The molecule has 0 fully saturated rings. The molecule has 0 spiro atoms. The molecule has 4 nitrogen and oxygen atoms in total. The molecule has 0 bridgehead atoms. The summed E-state index contributed by atoms with van der Waals surface area (Å²) in [6.45, 7) is 1.76. The van der Waals surface area contributed by atoms with E-state index in [1.807, 2.05) is 30.3 Å². The van der Waals surface area contributed by atoms with Gasteiger partial charge in [-0.25, -0.2) is 4.98 Å². The van der Waals surface area contributed by atoms with Crippen LogP contribution >= 0.6 is 11.6 Å². The third-order valence-corrected chi connectivity index (χ3v) is 2.78. The number of rotatable bonds is 2. The summed E-state index contributed by atoms with van der Waals surface area (Å²) < 4.78 is 5.67. The predicted molar refractivity (Wildman–Crippen MR) is 73.6 cm³/mol. The van der Waals surface area contributed by atoms with Gasteiger partial charge in [0.2, 0.25) is 5.88 Å². The van der Waals surface area contributed by atoms with Crippen LogP contribution in [-0.4, -0.2) is 15.0 Å². The number of aryl methyl sites for hydroxylation is 1. The van der Waals surface area contributed by atoms with Gasteiger partial charge in [-0.15, -0.1) is 0 Å². The molecule has 0 N–H and O–H groups in total. The zero-order valence-corrected chi connectivity index (χ0v) is 10.9. The van der Waals surface area contributed by atoms with Gasteiger partial charge in [0.15, 0.2) is 0 Å². The summed E-state index contributed by atoms with van der Waals surface area (Å²) in [6.07, 6.45) is 1.75. The maximum atomic E-state index is 5.87. The molecular weight excluding hydrogens is 262 g/mol. The Morgan fingerprint density at radius 2 is 2.00 bits per heavy atom. The van der Waals surface area contributed by atoms with Crippen LogP contribution in [0.1, 0.15) is 5.82 Å². The van der Waals surface area contributed by atoms with E-state index in [1.54, 1.807) is 19.2 Å². The number of nitrogens with zero attached hydrogens (tertiary/aromatic N) is 3. The highest BCUT2D eigenvalue weighted by atomic mass is 35.5. The summed E-state index contributed by atoms with van der Waals surface area (Å²) in [5, 5.41) is 1.42. The Morgan fingerprint density at radius 3 is 2.84 bits per heavy atom. The molecule has 5 heteroatoms. The molecule has 2 aromatic heterocycles. The third-order valence-electron chi connectivity index (χ3n) is 2.58. The van der Waals surface area contributed by atoms with Crippen molar-refractivity contribution in [2.24, 2.45) is 0 Å². The van der Waals surface area contributed by atoms with Crippen LogP contribution in [-0.2, 0) is 0 Å². The average molecular weight is 272 g/mol. The molecule has 3 aromatic rings. The zero-order valence-electron chi connectivity index (χ0n) is 10.2. The van der Waals surface area contributed by atoms with Crippen molar-refractivity contribution in [3.8, 4) is 11.6 Å². The largest absolute Gasteiger partial charge is 0.439 e. The first-order valence-corrected chi connectivity index (χ1v) is 6.12. The van der Waals surface area contributed by atoms with E-state index < -0.39 is 0 Å². The Bertz CT molecular complexity index is 725. The summed E-state index contributed by atoms with van der Waals surface area (Å²) in [6, 6.07) is 11.2. The van der Waals surface area contributed by atoms with Gasteiger partial charge in [-0.3, -0.25) is 4.98 Å². The number of halogens is 1. The second-order valence-electron chi connectivity index (χ2n) is 4.04. The molecule has 0 aliphatic carbocycles. The molecule has 0 radical (unpaired) electrons. The van der Waals surface area contributed by atoms with Crippen LogP contribution in [0.3, 0.4) is 0 Å². The van der Waals surface area contributed by atoms with Crippen LogP contribution in [0.4, 0.5) is 0 Å². The van der Waals surface area contributed by atoms with Crippen molar-refractivity contribution < 1.29 is 4.74 Å². The molecule has 0 saturated heterocycles. The molecular formula is C14H10ClN3O. The van der Waals surface area contributed by atoms with Gasteiger partial charge in [0.05, 0.1) is 5.52 Å². The first-order valence-electron chi connectivity index (χ1n) is 5.74. The van der Waals surface area contributed by atoms with Crippen LogP contribution in [0, 0.1) is 6.92 Å². The van der Waals surface area contributed by atoms with Crippen molar-refractivity contribution in [2.75, 3.05) is 0 Å². The van der Waals surface area contributed by atoms with Crippen molar-refractivity contribution in [3.05, 3.63) is 53.6 Å². The number of ether oxygens (including phenoxy) is 1. The molecule has 0 atom stereocenters. The number of benzene rings is 1. The van der Waals surface area contributed by atoms with E-state index in [-0.39, 0.29) is 0 Å². The summed E-state index contributed by atoms with van der Waals surface area (Å²) in [7, 11) is 0. The molecule has 0 amide bonds. The lowest BCUT2D eigenvalue weighted by Gasteiger charge is -2.06. The van der Waals surface area contributed by atoms with E-state index >= 15 is 0 Å². The number of hydrogen-bond donors (Lipinski definition) is 0. The van der Waals surface area contributed by atoms with E-state index in [0.717, 1.165) is 10.9 Å². The monoisotopic (exact) mass is 271 g/mol. The minimum Gasteiger partial charge on any atom is -0.439 e. The lowest BCUT2D eigenvalue weighted by molar-refractivity contribution is 0.460. The van der Waals surface area contributed by atoms with Crippen LogP contribution in [0.2, 0.25) is 5.15 Å². The molecule has 0 saturated carbocycles. The normalized spacial score (nSPS) is 10.6. The van der Waals surface area contributed by atoms with Crippen molar-refractivity contribution in [3.63, 3.8) is 0 Å². The highest BCUT2D eigenvalue weighted by Gasteiger charge is 2.04. The number of pyridine rings is 1. The van der Waals surface area contributed by atoms with E-state index in [9.17, 15) is 0 Å². The fourth-order valence-corrected chi connectivity index (χ4v) is 2.00. The SMILES string of the molecule is Cc1nc(Cl)cc(Oc2ccc3cccnc3c2)n1. The topological polar surface area (TPSA) is 47.9 Å². The molecule has 19 heavy (non-hydrogen) atoms. The van der Waals surface area contributed by atoms with Crippen LogP contribution < -0.4 is 4.74 Å². The minimum absolute atomic E-state index is 0.362. The second kappa shape index (κ2) is 4.82. The van der Waals surface area contributed by atoms with Crippen LogP contribution in [0.25, 0.3) is 10.9 Å². The quantitative estimate of drug-likeness (QED) is 0.666. The molecule has 0 aliphatic rings. The highest BCUT2D eigenvalue weighted by molar-refractivity contribution is 6.29. The molecule has 0 aliphatic heterocycles.